The van der Waals surface area contributed by atoms with Gasteiger partial charge in [-0.15, -0.1) is 0 Å². The molecule has 0 aliphatic heterocycles. The second-order valence-corrected chi connectivity index (χ2v) is 3.06. The Hall–Kier alpha value is -2.01. The number of alkyl halides is 2. The first kappa shape index (κ1) is 12.1. The van der Waals surface area contributed by atoms with Gasteiger partial charge in [0, 0.05) is 6.20 Å². The van der Waals surface area contributed by atoms with Gasteiger partial charge >= 0.3 is 5.69 Å². The highest BCUT2D eigenvalue weighted by Gasteiger charge is 2.29. The van der Waals surface area contributed by atoms with Crippen molar-refractivity contribution in [3.63, 3.8) is 0 Å². The highest BCUT2D eigenvalue weighted by Crippen LogP contribution is 2.13. The quantitative estimate of drug-likeness (QED) is 0.699. The molecule has 0 atom stereocenters. The summed E-state index contributed by atoms with van der Waals surface area (Å²) in [6.45, 7) is -2.53. The highest BCUT2D eigenvalue weighted by atomic mass is 19.3. The molecule has 0 unspecified atom stereocenters. The SMILES string of the molecule is N#Cc1cn(CC(F)(F)CO)c(=O)[nH]c1=O. The summed E-state index contributed by atoms with van der Waals surface area (Å²) in [5.74, 6) is -3.49. The van der Waals surface area contributed by atoms with E-state index < -0.39 is 35.9 Å². The van der Waals surface area contributed by atoms with Crippen LogP contribution in [0.1, 0.15) is 5.56 Å². The van der Waals surface area contributed by atoms with Crippen LogP contribution in [0.3, 0.4) is 0 Å². The standard InChI is InChI=1S/C8H7F2N3O3/c9-8(10,4-14)3-13-2-5(1-11)6(15)12-7(13)16/h2,14H,3-4H2,(H,12,15,16). The summed E-state index contributed by atoms with van der Waals surface area (Å²) in [5, 5.41) is 16.8. The largest absolute Gasteiger partial charge is 0.390 e. The van der Waals surface area contributed by atoms with Gasteiger partial charge in [0.25, 0.3) is 11.5 Å². The zero-order chi connectivity index (χ0) is 12.3. The van der Waals surface area contributed by atoms with Gasteiger partial charge in [-0.25, -0.2) is 13.6 Å². The molecule has 0 bridgehead atoms. The number of aliphatic hydroxyl groups is 1. The maximum absolute atomic E-state index is 12.8. The number of aromatic amines is 1. The van der Waals surface area contributed by atoms with E-state index in [-0.39, 0.29) is 0 Å². The molecule has 16 heavy (non-hydrogen) atoms. The van der Waals surface area contributed by atoms with E-state index in [1.165, 1.54) is 6.07 Å². The third-order valence-electron chi connectivity index (χ3n) is 1.76. The van der Waals surface area contributed by atoms with Gasteiger partial charge in [0.1, 0.15) is 18.2 Å². The normalized spacial score (nSPS) is 11.1. The van der Waals surface area contributed by atoms with E-state index >= 15 is 0 Å². The number of nitriles is 1. The Morgan fingerprint density at radius 2 is 2.19 bits per heavy atom. The lowest BCUT2D eigenvalue weighted by Crippen LogP contribution is -2.37. The van der Waals surface area contributed by atoms with Crippen LogP contribution in [0.25, 0.3) is 0 Å². The second-order valence-electron chi connectivity index (χ2n) is 3.06. The number of nitrogens with zero attached hydrogens (tertiary/aromatic N) is 2. The van der Waals surface area contributed by atoms with Crippen molar-refractivity contribution in [1.82, 2.24) is 9.55 Å². The molecule has 1 heterocycles. The summed E-state index contributed by atoms with van der Waals surface area (Å²) >= 11 is 0. The van der Waals surface area contributed by atoms with Gasteiger partial charge in [-0.1, -0.05) is 0 Å². The first-order valence-corrected chi connectivity index (χ1v) is 4.12. The molecule has 0 fully saturated rings. The number of rotatable bonds is 3. The van der Waals surface area contributed by atoms with Crippen LogP contribution < -0.4 is 11.2 Å². The first-order chi connectivity index (χ1) is 7.39. The van der Waals surface area contributed by atoms with Crippen molar-refractivity contribution in [1.29, 1.82) is 5.26 Å². The Morgan fingerprint density at radius 3 is 2.69 bits per heavy atom. The molecule has 8 heteroatoms. The van der Waals surface area contributed by atoms with Crippen molar-refractivity contribution in [3.05, 3.63) is 32.6 Å². The van der Waals surface area contributed by atoms with E-state index in [0.717, 1.165) is 6.20 Å². The molecule has 2 N–H and O–H groups in total. The van der Waals surface area contributed by atoms with Crippen LogP contribution in [0.15, 0.2) is 15.8 Å². The van der Waals surface area contributed by atoms with Crippen LogP contribution in [0.2, 0.25) is 0 Å². The van der Waals surface area contributed by atoms with E-state index in [1.54, 1.807) is 4.98 Å². The number of aliphatic hydroxyl groups excluding tert-OH is 1. The molecule has 0 amide bonds. The number of H-pyrrole nitrogens is 1. The Kier molecular flexibility index (Phi) is 3.20. The van der Waals surface area contributed by atoms with Crippen LogP contribution in [-0.2, 0) is 6.54 Å². The monoisotopic (exact) mass is 231 g/mol. The Labute approximate surface area is 87.4 Å². The molecule has 0 aliphatic carbocycles. The predicted octanol–water partition coefficient (Wildman–Crippen LogP) is -0.964. The van der Waals surface area contributed by atoms with Gasteiger partial charge in [0.15, 0.2) is 0 Å². The fourth-order valence-corrected chi connectivity index (χ4v) is 1.01. The molecule has 1 aromatic rings. The molecule has 6 nitrogen and oxygen atoms in total. The Morgan fingerprint density at radius 1 is 1.56 bits per heavy atom. The van der Waals surface area contributed by atoms with E-state index in [4.69, 9.17) is 10.4 Å². The van der Waals surface area contributed by atoms with Crippen LogP contribution in [-0.4, -0.2) is 27.2 Å². The van der Waals surface area contributed by atoms with Gasteiger partial charge in [-0.2, -0.15) is 5.26 Å². The summed E-state index contributed by atoms with van der Waals surface area (Å²) in [5.41, 5.74) is -2.44. The molecule has 0 aliphatic rings. The van der Waals surface area contributed by atoms with Gasteiger partial charge in [0.2, 0.25) is 0 Å². The minimum atomic E-state index is -3.49. The fourth-order valence-electron chi connectivity index (χ4n) is 1.01. The highest BCUT2D eigenvalue weighted by molar-refractivity contribution is 5.21. The average Bonchev–Trinajstić information content (AvgIpc) is 2.22. The number of hydrogen-bond donors (Lipinski definition) is 2. The van der Waals surface area contributed by atoms with Gasteiger partial charge in [0.05, 0.1) is 6.54 Å². The molecule has 0 aromatic carbocycles. The molecular weight excluding hydrogens is 224 g/mol. The smallest absolute Gasteiger partial charge is 0.328 e. The number of halogens is 2. The molecule has 0 saturated carbocycles. The summed E-state index contributed by atoms with van der Waals surface area (Å²) in [6, 6.07) is 1.46. The van der Waals surface area contributed by atoms with E-state index in [0.29, 0.717) is 4.57 Å². The minimum absolute atomic E-state index is 0.451. The van der Waals surface area contributed by atoms with Crippen LogP contribution in [0, 0.1) is 11.3 Å². The number of hydrogen-bond acceptors (Lipinski definition) is 4. The summed E-state index contributed by atoms with van der Waals surface area (Å²) in [6.07, 6.45) is 0.727. The number of nitrogens with one attached hydrogen (secondary N) is 1. The van der Waals surface area contributed by atoms with Crippen LogP contribution >= 0.6 is 0 Å². The Bertz CT molecular complexity index is 541. The average molecular weight is 231 g/mol. The topological polar surface area (TPSA) is 98.9 Å². The molecule has 86 valence electrons. The third-order valence-corrected chi connectivity index (χ3v) is 1.76. The van der Waals surface area contributed by atoms with Crippen LogP contribution in [0.5, 0.6) is 0 Å². The lowest BCUT2D eigenvalue weighted by atomic mass is 10.3. The molecular formula is C8H7F2N3O3. The molecule has 1 rings (SSSR count). The maximum atomic E-state index is 12.8. The van der Waals surface area contributed by atoms with Crippen molar-refractivity contribution in [2.24, 2.45) is 0 Å². The summed E-state index contributed by atoms with van der Waals surface area (Å²) < 4.78 is 26.0. The summed E-state index contributed by atoms with van der Waals surface area (Å²) in [7, 11) is 0. The van der Waals surface area contributed by atoms with Gasteiger partial charge < -0.3 is 5.11 Å². The van der Waals surface area contributed by atoms with Gasteiger partial charge in [-0.3, -0.25) is 14.3 Å². The van der Waals surface area contributed by atoms with Crippen molar-refractivity contribution in [2.45, 2.75) is 12.5 Å². The van der Waals surface area contributed by atoms with Crippen molar-refractivity contribution in [2.75, 3.05) is 6.61 Å². The van der Waals surface area contributed by atoms with Crippen molar-refractivity contribution >= 4 is 0 Å². The van der Waals surface area contributed by atoms with E-state index in [9.17, 15) is 18.4 Å². The van der Waals surface area contributed by atoms with Gasteiger partial charge in [-0.05, 0) is 0 Å². The predicted molar refractivity (Wildman–Crippen MR) is 48.1 cm³/mol. The third kappa shape index (κ3) is 2.52. The lowest BCUT2D eigenvalue weighted by molar-refractivity contribution is -0.0638. The molecule has 0 spiro atoms. The first-order valence-electron chi connectivity index (χ1n) is 4.12. The zero-order valence-electron chi connectivity index (χ0n) is 7.91. The van der Waals surface area contributed by atoms with E-state index in [1.807, 2.05) is 0 Å². The van der Waals surface area contributed by atoms with Crippen LogP contribution in [0.4, 0.5) is 8.78 Å². The number of aromatic nitrogens is 2. The van der Waals surface area contributed by atoms with Crippen molar-refractivity contribution < 1.29 is 13.9 Å². The molecule has 0 saturated heterocycles. The molecule has 0 radical (unpaired) electrons. The fraction of sp³-hybridized carbons (Fsp3) is 0.375. The minimum Gasteiger partial charge on any atom is -0.390 e. The van der Waals surface area contributed by atoms with E-state index in [2.05, 4.69) is 0 Å². The lowest BCUT2D eigenvalue weighted by Gasteiger charge is -2.14. The zero-order valence-corrected chi connectivity index (χ0v) is 7.91. The Balaban J connectivity index is 3.22. The maximum Gasteiger partial charge on any atom is 0.328 e. The second kappa shape index (κ2) is 4.24. The molecule has 1 aromatic heterocycles. The summed E-state index contributed by atoms with van der Waals surface area (Å²) in [4.78, 5) is 23.7. The van der Waals surface area contributed by atoms with Crippen molar-refractivity contribution in [3.8, 4) is 6.07 Å².